The third-order valence-electron chi connectivity index (χ3n) is 2.28. The summed E-state index contributed by atoms with van der Waals surface area (Å²) in [4.78, 5) is 0. The summed E-state index contributed by atoms with van der Waals surface area (Å²) < 4.78 is 21.2. The fraction of sp³-hybridized carbons (Fsp3) is 0.0833. The minimum absolute atomic E-state index is 0.109. The molecule has 2 rings (SSSR count). The molecule has 77 valence electrons. The lowest BCUT2D eigenvalue weighted by Crippen LogP contribution is -1.86. The van der Waals surface area contributed by atoms with Gasteiger partial charge in [-0.1, -0.05) is 36.4 Å². The van der Waals surface area contributed by atoms with Gasteiger partial charge in [0.1, 0.15) is 10.7 Å². The van der Waals surface area contributed by atoms with Crippen LogP contribution in [0.3, 0.4) is 0 Å². The second-order valence-electron chi connectivity index (χ2n) is 3.51. The molecule has 0 saturated carbocycles. The smallest absolute Gasteiger partial charge is 0.144 e. The Labute approximate surface area is 90.5 Å². The number of benzene rings is 2. The van der Waals surface area contributed by atoms with Crippen LogP contribution in [0.1, 0.15) is 11.1 Å². The van der Waals surface area contributed by atoms with Gasteiger partial charge in [0.2, 0.25) is 0 Å². The van der Waals surface area contributed by atoms with Crippen molar-refractivity contribution in [2.24, 2.45) is 0 Å². The van der Waals surface area contributed by atoms with E-state index in [1.54, 1.807) is 0 Å². The van der Waals surface area contributed by atoms with Crippen molar-refractivity contribution >= 4 is 21.5 Å². The fourth-order valence-corrected chi connectivity index (χ4v) is 2.09. The van der Waals surface area contributed by atoms with Crippen LogP contribution in [-0.2, 0) is 16.5 Å². The van der Waals surface area contributed by atoms with E-state index in [1.165, 1.54) is 0 Å². The van der Waals surface area contributed by atoms with Crippen LogP contribution in [0, 0.1) is 6.92 Å². The molecule has 0 aromatic heterocycles. The van der Waals surface area contributed by atoms with E-state index in [9.17, 15) is 8.42 Å². The average molecular weight is 219 g/mol. The fourth-order valence-electron chi connectivity index (χ4n) is 1.59. The summed E-state index contributed by atoms with van der Waals surface area (Å²) in [6.45, 7) is 3.84. The van der Waals surface area contributed by atoms with Crippen molar-refractivity contribution in [2.45, 2.75) is 5.75 Å². The van der Waals surface area contributed by atoms with E-state index in [1.807, 2.05) is 36.4 Å². The predicted molar refractivity (Wildman–Crippen MR) is 62.4 cm³/mol. The molecule has 0 bridgehead atoms. The van der Waals surface area contributed by atoms with Gasteiger partial charge in [0.05, 0.1) is 5.75 Å². The Balaban J connectivity index is 2.52. The van der Waals surface area contributed by atoms with Crippen LogP contribution in [0.15, 0.2) is 36.4 Å². The molecule has 0 aliphatic rings. The molecule has 2 aromatic carbocycles. The van der Waals surface area contributed by atoms with Crippen LogP contribution in [-0.4, -0.2) is 8.42 Å². The quantitative estimate of drug-likeness (QED) is 0.785. The molecule has 0 amide bonds. The van der Waals surface area contributed by atoms with Crippen molar-refractivity contribution in [2.75, 3.05) is 0 Å². The molecule has 0 atom stereocenters. The van der Waals surface area contributed by atoms with Crippen molar-refractivity contribution < 1.29 is 8.42 Å². The monoisotopic (exact) mass is 219 g/mol. The molecule has 0 saturated heterocycles. The normalized spacial score (nSPS) is 11.1. The number of hydrogen-bond donors (Lipinski definition) is 1. The Bertz CT molecular complexity index is 563. The largest absolute Gasteiger partial charge is 0.232 e. The van der Waals surface area contributed by atoms with E-state index in [0.717, 1.165) is 21.9 Å². The van der Waals surface area contributed by atoms with Crippen LogP contribution in [0.4, 0.5) is 0 Å². The molecule has 0 heterocycles. The van der Waals surface area contributed by atoms with Gasteiger partial charge in [0, 0.05) is 0 Å². The molecular weight excluding hydrogens is 208 g/mol. The predicted octanol–water partition coefficient (Wildman–Crippen LogP) is 2.13. The maximum atomic E-state index is 10.6. The molecule has 0 aliphatic carbocycles. The molecule has 0 N–H and O–H groups in total. The zero-order valence-electron chi connectivity index (χ0n) is 8.14. The minimum Gasteiger partial charge on any atom is -0.232 e. The van der Waals surface area contributed by atoms with Crippen molar-refractivity contribution in [3.8, 4) is 0 Å². The summed E-state index contributed by atoms with van der Waals surface area (Å²) in [7, 11) is -2.35. The van der Waals surface area contributed by atoms with Gasteiger partial charge in [-0.05, 0) is 28.8 Å². The van der Waals surface area contributed by atoms with Crippen molar-refractivity contribution in [3.05, 3.63) is 54.4 Å². The number of thiol groups is 1. The van der Waals surface area contributed by atoms with Gasteiger partial charge in [-0.15, -0.1) is 0 Å². The molecule has 1 radical (unpaired) electrons. The first-order valence-corrected chi connectivity index (χ1v) is 5.98. The molecular formula is C12H11O2S. The van der Waals surface area contributed by atoms with Crippen molar-refractivity contribution in [1.82, 2.24) is 0 Å². The second kappa shape index (κ2) is 4.03. The van der Waals surface area contributed by atoms with E-state index < -0.39 is 10.7 Å². The topological polar surface area (TPSA) is 34.1 Å². The van der Waals surface area contributed by atoms with Crippen molar-refractivity contribution in [3.63, 3.8) is 0 Å². The first-order chi connectivity index (χ1) is 7.15. The van der Waals surface area contributed by atoms with Crippen LogP contribution < -0.4 is 0 Å². The van der Waals surface area contributed by atoms with Gasteiger partial charge in [-0.25, -0.2) is 8.42 Å². The Morgan fingerprint density at radius 2 is 1.67 bits per heavy atom. The number of hydrogen-bond acceptors (Lipinski definition) is 2. The number of rotatable bonds is 2. The molecule has 0 fully saturated rings. The van der Waals surface area contributed by atoms with Gasteiger partial charge < -0.3 is 0 Å². The Morgan fingerprint density at radius 3 is 2.40 bits per heavy atom. The first-order valence-electron chi connectivity index (χ1n) is 4.61. The van der Waals surface area contributed by atoms with Gasteiger partial charge >= 0.3 is 0 Å². The summed E-state index contributed by atoms with van der Waals surface area (Å²) in [6.07, 6.45) is 0. The molecule has 3 heteroatoms. The third kappa shape index (κ3) is 2.36. The van der Waals surface area contributed by atoms with Gasteiger partial charge in [0.15, 0.2) is 0 Å². The SMILES string of the molecule is [CH2]c1ccc2cc(C[SH](=O)=O)ccc2c1. The van der Waals surface area contributed by atoms with Crippen molar-refractivity contribution in [1.29, 1.82) is 0 Å². The van der Waals surface area contributed by atoms with Crippen LogP contribution in [0.2, 0.25) is 0 Å². The molecule has 0 aliphatic heterocycles. The van der Waals surface area contributed by atoms with Gasteiger partial charge in [0.25, 0.3) is 0 Å². The van der Waals surface area contributed by atoms with Crippen LogP contribution in [0.25, 0.3) is 10.8 Å². The average Bonchev–Trinajstić information content (AvgIpc) is 2.17. The van der Waals surface area contributed by atoms with Gasteiger partial charge in [-0.3, -0.25) is 0 Å². The lowest BCUT2D eigenvalue weighted by molar-refractivity contribution is 0.614. The molecule has 2 aromatic rings. The first kappa shape index (κ1) is 10.2. The maximum Gasteiger partial charge on any atom is 0.144 e. The molecule has 0 unspecified atom stereocenters. The minimum atomic E-state index is -2.35. The summed E-state index contributed by atoms with van der Waals surface area (Å²) >= 11 is 0. The summed E-state index contributed by atoms with van der Waals surface area (Å²) in [5, 5.41) is 2.14. The second-order valence-corrected chi connectivity index (χ2v) is 4.49. The Morgan fingerprint density at radius 1 is 1.00 bits per heavy atom. The zero-order valence-corrected chi connectivity index (χ0v) is 9.04. The molecule has 2 nitrogen and oxygen atoms in total. The van der Waals surface area contributed by atoms with Gasteiger partial charge in [-0.2, -0.15) is 0 Å². The van der Waals surface area contributed by atoms with E-state index >= 15 is 0 Å². The highest BCUT2D eigenvalue weighted by Gasteiger charge is 1.98. The number of fused-ring (bicyclic) bond motifs is 1. The highest BCUT2D eigenvalue weighted by Crippen LogP contribution is 2.17. The lowest BCUT2D eigenvalue weighted by Gasteiger charge is -2.01. The molecule has 15 heavy (non-hydrogen) atoms. The summed E-state index contributed by atoms with van der Waals surface area (Å²) in [5.41, 5.74) is 1.79. The summed E-state index contributed by atoms with van der Waals surface area (Å²) in [6, 6.07) is 11.5. The van der Waals surface area contributed by atoms with E-state index in [2.05, 4.69) is 6.92 Å². The Hall–Kier alpha value is -1.35. The maximum absolute atomic E-state index is 10.6. The Kier molecular flexibility index (Phi) is 2.73. The van der Waals surface area contributed by atoms with E-state index in [0.29, 0.717) is 0 Å². The zero-order chi connectivity index (χ0) is 10.8. The van der Waals surface area contributed by atoms with E-state index in [-0.39, 0.29) is 5.75 Å². The standard InChI is InChI=1S/C12H11O2S/c1-9-2-4-12-7-10(8-15(13)14)3-5-11(12)6-9/h2-7,15H,1,8H2. The third-order valence-corrected chi connectivity index (χ3v) is 2.90. The molecule has 0 spiro atoms. The van der Waals surface area contributed by atoms with Crippen LogP contribution >= 0.6 is 0 Å². The highest BCUT2D eigenvalue weighted by molar-refractivity contribution is 7.71. The van der Waals surface area contributed by atoms with E-state index in [4.69, 9.17) is 0 Å². The summed E-state index contributed by atoms with van der Waals surface area (Å²) in [5.74, 6) is 0.109. The van der Waals surface area contributed by atoms with Crippen LogP contribution in [0.5, 0.6) is 0 Å². The lowest BCUT2D eigenvalue weighted by atomic mass is 10.1. The highest BCUT2D eigenvalue weighted by atomic mass is 32.2.